The van der Waals surface area contributed by atoms with E-state index in [9.17, 15) is 13.2 Å². The van der Waals surface area contributed by atoms with E-state index in [-0.39, 0.29) is 4.90 Å². The number of methoxy groups -OCH3 is 1. The first-order chi connectivity index (χ1) is 15.4. The molecule has 4 rings (SSSR count). The van der Waals surface area contributed by atoms with Gasteiger partial charge in [0, 0.05) is 22.3 Å². The molecule has 3 aromatic carbocycles. The Hall–Kier alpha value is -3.43. The van der Waals surface area contributed by atoms with Crippen molar-refractivity contribution in [3.63, 3.8) is 0 Å². The van der Waals surface area contributed by atoms with Gasteiger partial charge >= 0.3 is 0 Å². The minimum Gasteiger partial charge on any atom is -0.495 e. The number of rotatable bonds is 6. The number of fused-ring (bicyclic) bond motifs is 1. The highest BCUT2D eigenvalue weighted by molar-refractivity contribution is 7.92. The van der Waals surface area contributed by atoms with Gasteiger partial charge in [0.15, 0.2) is 11.5 Å². The Morgan fingerprint density at radius 1 is 0.969 bits per heavy atom. The van der Waals surface area contributed by atoms with Gasteiger partial charge in [-0.3, -0.25) is 9.52 Å². The van der Waals surface area contributed by atoms with Crippen molar-refractivity contribution in [1.29, 1.82) is 0 Å². The first-order valence-electron chi connectivity index (χ1n) is 9.53. The first-order valence-corrected chi connectivity index (χ1v) is 11.4. The van der Waals surface area contributed by atoms with Crippen LogP contribution in [-0.2, 0) is 10.0 Å². The summed E-state index contributed by atoms with van der Waals surface area (Å²) in [4.78, 5) is 12.6. The van der Waals surface area contributed by atoms with E-state index in [2.05, 4.69) is 10.0 Å². The van der Waals surface area contributed by atoms with E-state index in [4.69, 9.17) is 25.8 Å². The number of hydrogen-bond donors (Lipinski definition) is 2. The Balaban J connectivity index is 1.48. The Morgan fingerprint density at radius 2 is 1.69 bits per heavy atom. The van der Waals surface area contributed by atoms with Crippen LogP contribution in [0.2, 0.25) is 5.02 Å². The molecule has 8 nitrogen and oxygen atoms in total. The Bertz CT molecular complexity index is 1260. The molecule has 10 heteroatoms. The molecule has 0 fully saturated rings. The van der Waals surface area contributed by atoms with E-state index < -0.39 is 15.9 Å². The highest BCUT2D eigenvalue weighted by atomic mass is 35.5. The van der Waals surface area contributed by atoms with Gasteiger partial charge < -0.3 is 19.5 Å². The number of carbonyl (C=O) groups excluding carboxylic acids is 1. The maximum absolute atomic E-state index is 12.7. The topological polar surface area (TPSA) is 103 Å². The molecule has 0 radical (unpaired) electrons. The third-order valence-corrected chi connectivity index (χ3v) is 6.25. The second-order valence-electron chi connectivity index (χ2n) is 6.79. The van der Waals surface area contributed by atoms with Gasteiger partial charge in [0.25, 0.3) is 15.9 Å². The first kappa shape index (κ1) is 21.8. The summed E-state index contributed by atoms with van der Waals surface area (Å²) in [6.45, 7) is 0.774. The van der Waals surface area contributed by atoms with Gasteiger partial charge in [0.05, 0.1) is 17.7 Å². The molecule has 0 spiro atoms. The Labute approximate surface area is 190 Å². The molecule has 0 aliphatic carbocycles. The second-order valence-corrected chi connectivity index (χ2v) is 8.91. The van der Waals surface area contributed by atoms with Crippen LogP contribution < -0.4 is 24.2 Å². The summed E-state index contributed by atoms with van der Waals surface area (Å²) >= 11 is 5.99. The van der Waals surface area contributed by atoms with Gasteiger partial charge in [-0.25, -0.2) is 8.42 Å². The quantitative estimate of drug-likeness (QED) is 0.555. The molecule has 0 saturated heterocycles. The summed E-state index contributed by atoms with van der Waals surface area (Å²) in [5.41, 5.74) is 1.06. The minimum atomic E-state index is -3.86. The van der Waals surface area contributed by atoms with Crippen LogP contribution in [0, 0.1) is 0 Å². The molecule has 0 bridgehead atoms. The van der Waals surface area contributed by atoms with Crippen molar-refractivity contribution < 1.29 is 27.4 Å². The van der Waals surface area contributed by atoms with Gasteiger partial charge in [-0.2, -0.15) is 0 Å². The molecule has 0 unspecified atom stereocenters. The van der Waals surface area contributed by atoms with Crippen LogP contribution in [0.3, 0.4) is 0 Å². The van der Waals surface area contributed by atoms with Crippen molar-refractivity contribution >= 4 is 38.9 Å². The van der Waals surface area contributed by atoms with Crippen LogP contribution in [0.15, 0.2) is 65.6 Å². The summed E-state index contributed by atoms with van der Waals surface area (Å²) in [6, 6.07) is 15.3. The number of anilines is 2. The number of sulfonamides is 1. The maximum Gasteiger partial charge on any atom is 0.262 e. The van der Waals surface area contributed by atoms with Crippen LogP contribution in [-0.4, -0.2) is 34.6 Å². The fraction of sp³-hybridized carbons (Fsp3) is 0.136. The molecule has 32 heavy (non-hydrogen) atoms. The maximum atomic E-state index is 12.7. The summed E-state index contributed by atoms with van der Waals surface area (Å²) in [5.74, 6) is 0.947. The zero-order chi connectivity index (χ0) is 22.7. The van der Waals surface area contributed by atoms with Crippen LogP contribution >= 0.6 is 11.6 Å². The van der Waals surface area contributed by atoms with Gasteiger partial charge in [-0.1, -0.05) is 11.6 Å². The van der Waals surface area contributed by atoms with Crippen LogP contribution in [0.4, 0.5) is 11.4 Å². The average Bonchev–Trinajstić information content (AvgIpc) is 2.79. The van der Waals surface area contributed by atoms with Gasteiger partial charge in [-0.15, -0.1) is 0 Å². The largest absolute Gasteiger partial charge is 0.495 e. The lowest BCUT2D eigenvalue weighted by Gasteiger charge is -2.19. The SMILES string of the molecule is COc1ccc(Cl)cc1NC(=O)c1ccc(NS(=O)(=O)c2ccc3c(c2)OCCO3)cc1. The predicted molar refractivity (Wildman–Crippen MR) is 121 cm³/mol. The minimum absolute atomic E-state index is 0.0385. The van der Waals surface area contributed by atoms with E-state index in [1.54, 1.807) is 24.3 Å². The molecular formula is C22H19ClN2O6S. The smallest absolute Gasteiger partial charge is 0.262 e. The summed E-state index contributed by atoms with van der Waals surface area (Å²) < 4.78 is 44.0. The predicted octanol–water partition coefficient (Wildman–Crippen LogP) is 4.17. The van der Waals surface area contributed by atoms with Crippen molar-refractivity contribution in [3.05, 3.63) is 71.2 Å². The van der Waals surface area contributed by atoms with E-state index in [0.717, 1.165) is 0 Å². The monoisotopic (exact) mass is 474 g/mol. The molecule has 0 saturated carbocycles. The van der Waals surface area contributed by atoms with Gasteiger partial charge in [0.2, 0.25) is 0 Å². The third-order valence-electron chi connectivity index (χ3n) is 4.63. The highest BCUT2D eigenvalue weighted by Crippen LogP contribution is 2.33. The number of ether oxygens (including phenoxy) is 3. The zero-order valence-corrected chi connectivity index (χ0v) is 18.5. The molecule has 0 aromatic heterocycles. The van der Waals surface area contributed by atoms with Gasteiger partial charge in [0.1, 0.15) is 19.0 Å². The summed E-state index contributed by atoms with van der Waals surface area (Å²) in [7, 11) is -2.37. The fourth-order valence-electron chi connectivity index (χ4n) is 3.07. The van der Waals surface area contributed by atoms with E-state index in [0.29, 0.717) is 52.4 Å². The number of halogens is 1. The average molecular weight is 475 g/mol. The lowest BCUT2D eigenvalue weighted by Crippen LogP contribution is -2.17. The van der Waals surface area contributed by atoms with Crippen LogP contribution in [0.1, 0.15) is 10.4 Å². The lowest BCUT2D eigenvalue weighted by atomic mass is 10.2. The van der Waals surface area contributed by atoms with Crippen molar-refractivity contribution in [2.24, 2.45) is 0 Å². The van der Waals surface area contributed by atoms with Crippen molar-refractivity contribution in [2.45, 2.75) is 4.90 Å². The molecule has 1 aliphatic rings. The molecular weight excluding hydrogens is 456 g/mol. The third kappa shape index (κ3) is 4.74. The van der Waals surface area contributed by atoms with Gasteiger partial charge in [-0.05, 0) is 54.6 Å². The van der Waals surface area contributed by atoms with E-state index in [1.165, 1.54) is 43.5 Å². The van der Waals surface area contributed by atoms with Crippen molar-refractivity contribution in [1.82, 2.24) is 0 Å². The second kappa shape index (κ2) is 8.97. The fourth-order valence-corrected chi connectivity index (χ4v) is 4.31. The van der Waals surface area contributed by atoms with Crippen LogP contribution in [0.5, 0.6) is 17.2 Å². The normalized spacial score (nSPS) is 12.7. The van der Waals surface area contributed by atoms with E-state index >= 15 is 0 Å². The number of benzene rings is 3. The Kier molecular flexibility index (Phi) is 6.11. The van der Waals surface area contributed by atoms with Crippen molar-refractivity contribution in [3.8, 4) is 17.2 Å². The summed E-state index contributed by atoms with van der Waals surface area (Å²) in [6.07, 6.45) is 0. The lowest BCUT2D eigenvalue weighted by molar-refractivity contribution is 0.102. The van der Waals surface area contributed by atoms with Crippen molar-refractivity contribution in [2.75, 3.05) is 30.4 Å². The molecule has 1 aliphatic heterocycles. The number of amides is 1. The molecule has 0 atom stereocenters. The zero-order valence-electron chi connectivity index (χ0n) is 16.9. The molecule has 1 amide bonds. The Morgan fingerprint density at radius 3 is 2.41 bits per heavy atom. The molecule has 166 valence electrons. The molecule has 2 N–H and O–H groups in total. The standard InChI is InChI=1S/C22H19ClN2O6S/c1-29-19-8-4-15(23)12-18(19)24-22(26)14-2-5-16(6-3-14)25-32(27,28)17-7-9-20-21(13-17)31-11-10-30-20/h2-9,12-13,25H,10-11H2,1H3,(H,24,26). The number of carbonyl (C=O) groups is 1. The van der Waals surface area contributed by atoms with Crippen LogP contribution in [0.25, 0.3) is 0 Å². The van der Waals surface area contributed by atoms with E-state index in [1.807, 2.05) is 0 Å². The number of nitrogens with one attached hydrogen (secondary N) is 2. The molecule has 1 heterocycles. The highest BCUT2D eigenvalue weighted by Gasteiger charge is 2.20. The molecule has 3 aromatic rings. The summed E-state index contributed by atoms with van der Waals surface area (Å²) in [5, 5.41) is 3.18. The number of hydrogen-bond acceptors (Lipinski definition) is 6.